The Balaban J connectivity index is 0.000000274. The topological polar surface area (TPSA) is 275 Å². The number of carboxylic acid groups (broad SMARTS) is 3. The molecule has 0 aromatic heterocycles. The third-order valence-electron chi connectivity index (χ3n) is 24.4. The molecule has 7 aliphatic heterocycles. The molecule has 18 rings (SSSR count). The van der Waals surface area contributed by atoms with Crippen molar-refractivity contribution >= 4 is 122 Å². The maximum absolute atomic E-state index is 9.00. The molecular weight excluding hydrogens is 1800 g/mol. The predicted octanol–water partition coefficient (Wildman–Crippen LogP) is 5.54. The van der Waals surface area contributed by atoms with Gasteiger partial charge in [0, 0.05) is 68.9 Å². The van der Waals surface area contributed by atoms with Crippen molar-refractivity contribution in [3.8, 4) is 62.9 Å². The van der Waals surface area contributed by atoms with Gasteiger partial charge < -0.3 is 88.0 Å². The van der Waals surface area contributed by atoms with E-state index in [4.69, 9.17) is 108 Å². The summed E-state index contributed by atoms with van der Waals surface area (Å²) in [5.74, 6) is 5.18. The molecule has 3 aliphatic carbocycles. The summed E-state index contributed by atoms with van der Waals surface area (Å²) in [4.78, 5) is 38.1. The van der Waals surface area contributed by atoms with E-state index in [1.54, 1.807) is 12.4 Å². The van der Waals surface area contributed by atoms with Gasteiger partial charge in [-0.3, -0.25) is 14.4 Å². The van der Waals surface area contributed by atoms with Gasteiger partial charge in [-0.25, -0.2) is 0 Å². The number of hydrogen-bond acceptors (Lipinski definition) is 19. The Morgan fingerprint density at radius 2 is 0.808 bits per heavy atom. The summed E-state index contributed by atoms with van der Waals surface area (Å²) in [7, 11) is 2.13. The maximum atomic E-state index is 9.00. The van der Waals surface area contributed by atoms with Crippen LogP contribution in [0.25, 0.3) is 11.1 Å². The van der Waals surface area contributed by atoms with Gasteiger partial charge in [-0.15, -0.1) is 0 Å². The molecule has 8 aromatic carbocycles. The fourth-order valence-electron chi connectivity index (χ4n) is 16.5. The van der Waals surface area contributed by atoms with E-state index in [0.717, 1.165) is 122 Å². The first kappa shape index (κ1) is 111. The monoisotopic (exact) mass is 1910 g/mol. The summed E-state index contributed by atoms with van der Waals surface area (Å²) >= 11 is 6.22. The number of benzene rings is 8. The summed E-state index contributed by atoms with van der Waals surface area (Å²) in [6.07, 6.45) is 20.3. The van der Waals surface area contributed by atoms with Gasteiger partial charge in [-0.2, -0.15) is 0 Å². The van der Waals surface area contributed by atoms with E-state index in [9.17, 15) is 0 Å². The second kappa shape index (κ2) is 49.8. The van der Waals surface area contributed by atoms with E-state index in [-0.39, 0.29) is 237 Å². The normalized spacial score (nSPS) is 18.0. The van der Waals surface area contributed by atoms with Gasteiger partial charge in [0.2, 0.25) is 0 Å². The largest absolute Gasteiger partial charge is 1.00 e. The number of carbonyl (C=O) groups excluding carboxylic acids is 2. The van der Waals surface area contributed by atoms with E-state index in [0.29, 0.717) is 11.1 Å². The number of methoxy groups -OCH3 is 2. The van der Waals surface area contributed by atoms with Crippen LogP contribution in [-0.2, 0) is 77.2 Å². The molecule has 0 amide bonds. The molecule has 0 bridgehead atoms. The molecule has 8 aromatic rings. The number of para-hydroxylation sites is 2. The molecular formula is C93H116B5ClK3O21PPd. The van der Waals surface area contributed by atoms with Crippen molar-refractivity contribution in [3.05, 3.63) is 174 Å². The quantitative estimate of drug-likeness (QED) is 0.0590. The van der Waals surface area contributed by atoms with E-state index in [1.807, 2.05) is 160 Å². The Bertz CT molecular complexity index is 4740. The summed E-state index contributed by atoms with van der Waals surface area (Å²) < 4.78 is 72.0. The number of ether oxygens (including phenoxy) is 6. The van der Waals surface area contributed by atoms with Gasteiger partial charge in [-0.05, 0) is 257 Å². The average Bonchev–Trinajstić information content (AvgIpc) is 1.02. The standard InChI is InChI=1S/C26H35OP.C24H22B2O4.C18H10BClO2.C12H24B2O4.C6H12O.3C2H4O2.CH2O3.3K.Pd.H/c1-20-12-11-18-24(27-2)26(20)23-17-9-10-19-25(23)28(21-13-5-3-6-14-21)22-15-7-4-8-16-22;1-23(2)24(3,4)30-26(29-23)15-12-13-19-17(14-15)25-16-8-5-6-9-18(16)27-20-10-7-11-21(28-19)22(20)25;20-11-8-9-15-13(10-11)19-12-4-1-2-5-14(12)21-16-6-3-7-17(22-15)18(16)19;1-9(2)10(3,4)16-13(15-9)14-17-11(5,6)12(7,8)18-14;1-7-6-4-2-3-5-6;3*1-2(3)4;2-1-4-3;;;;;/h9-12,17-19,21-22H,3-8,13-16H2,1-2H3;5-14H,1-4H3;1-10H;1-8H3;6H,2-5H2,1H3;3*1H3,(H,3,4);1,3H;;;;;/q;;;;;;;;;3*+1;;-1/p-2. The average molecular weight is 1910 g/mol. The first-order valence-electron chi connectivity index (χ1n) is 41.9. The van der Waals surface area contributed by atoms with Crippen molar-refractivity contribution in [2.24, 2.45) is 0 Å². The van der Waals surface area contributed by atoms with Crippen LogP contribution in [0.1, 0.15) is 201 Å². The molecule has 32 heteroatoms. The minimum absolute atomic E-state index is 0. The predicted molar refractivity (Wildman–Crippen MR) is 479 cm³/mol. The van der Waals surface area contributed by atoms with E-state index in [1.165, 1.54) is 107 Å². The Labute approximate surface area is 890 Å². The molecule has 3 saturated carbocycles. The van der Waals surface area contributed by atoms with Gasteiger partial charge in [0.1, 0.15) is 51.7 Å². The van der Waals surface area contributed by atoms with Gasteiger partial charge in [-0.1, -0.05) is 168 Å². The Morgan fingerprint density at radius 3 is 1.19 bits per heavy atom. The van der Waals surface area contributed by atoms with Crippen LogP contribution >= 0.6 is 19.5 Å². The zero-order chi connectivity index (χ0) is 87.9. The number of rotatable bonds is 9. The number of hydrogen-bond donors (Lipinski definition) is 2. The molecule has 0 unspecified atom stereocenters. The summed E-state index contributed by atoms with van der Waals surface area (Å²) in [6, 6.07) is 56.1. The first-order valence-corrected chi connectivity index (χ1v) is 43.7. The van der Waals surface area contributed by atoms with Crippen LogP contribution in [0.15, 0.2) is 164 Å². The molecule has 10 aliphatic rings. The van der Waals surface area contributed by atoms with Crippen LogP contribution in [-0.4, -0.2) is 134 Å². The fourth-order valence-corrected chi connectivity index (χ4v) is 20.6. The number of aliphatic carboxylic acids is 3. The first-order chi connectivity index (χ1) is 57.4. The van der Waals surface area contributed by atoms with Crippen LogP contribution in [0.3, 0.4) is 0 Å². The van der Waals surface area contributed by atoms with Gasteiger partial charge in [0.05, 0.1) is 46.8 Å². The van der Waals surface area contributed by atoms with Crippen LogP contribution < -0.4 is 232 Å². The number of halogens is 1. The number of carboxylic acids is 3. The molecule has 2 N–H and O–H groups in total. The van der Waals surface area contributed by atoms with Gasteiger partial charge >= 0.3 is 175 Å². The van der Waals surface area contributed by atoms with Crippen LogP contribution in [0, 0.1) is 6.92 Å². The third kappa shape index (κ3) is 28.1. The Hall–Kier alpha value is -3.06. The number of carbonyl (C=O) groups is 4. The fraction of sp³-hybridized carbons (Fsp3) is 0.441. The number of fused-ring (bicyclic) bond motifs is 8. The maximum Gasteiger partial charge on any atom is 1.00 e. The number of aryl methyl sites for hydroxylation is 1. The SMILES string of the molecule is CC(=O)O.CC(=O)O.CC(=O)[O-].CC1(C)OB(B2OC(C)(C)C(C)(C)O2)OC1(C)C.CC1(C)OB(c2ccc3c(c2)B2c4ccccc4Oc4cccc(c42)O3)OC1(C)C.COC1CCCC1.COc1cccc(C)c1-c1ccccc1P(C1CCCCC1)C1CCCCC1.Clc1ccc2c(c1)B1c3ccccc3Oc3cccc(c31)O2.O=CO[O-].[H-].[K+].[K+].[K+].[Pd]. The second-order valence-corrected chi connectivity index (χ2v) is 37.7. The van der Waals surface area contributed by atoms with E-state index >= 15 is 0 Å². The van der Waals surface area contributed by atoms with Crippen molar-refractivity contribution in [2.45, 2.75) is 252 Å². The summed E-state index contributed by atoms with van der Waals surface area (Å²) in [5, 5.41) is 34.5. The molecule has 6 fully saturated rings. The van der Waals surface area contributed by atoms with Crippen molar-refractivity contribution in [2.75, 3.05) is 14.2 Å². The molecule has 21 nitrogen and oxygen atoms in total. The summed E-state index contributed by atoms with van der Waals surface area (Å²) in [6.45, 7) is 29.8. The van der Waals surface area contributed by atoms with Crippen LogP contribution in [0.2, 0.25) is 5.02 Å². The zero-order valence-electron chi connectivity index (χ0n) is 77.5. The van der Waals surface area contributed by atoms with Gasteiger partial charge in [0.25, 0.3) is 31.8 Å². The molecule has 0 atom stereocenters. The van der Waals surface area contributed by atoms with E-state index in [2.05, 4.69) is 106 Å². The molecule has 7 heterocycles. The Morgan fingerprint density at radius 1 is 0.472 bits per heavy atom. The van der Waals surface area contributed by atoms with Gasteiger partial charge in [0.15, 0.2) is 0 Å². The second-order valence-electron chi connectivity index (χ2n) is 34.5. The molecule has 0 spiro atoms. The van der Waals surface area contributed by atoms with E-state index < -0.39 is 39.0 Å². The summed E-state index contributed by atoms with van der Waals surface area (Å²) in [5.41, 5.74) is 11.4. The minimum Gasteiger partial charge on any atom is -1.00 e. The smallest absolute Gasteiger partial charge is 1.00 e. The zero-order valence-corrected chi connectivity index (χ0v) is 89.1. The Kier molecular flexibility index (Phi) is 44.1. The van der Waals surface area contributed by atoms with Crippen LogP contribution in [0.5, 0.6) is 51.7 Å². The van der Waals surface area contributed by atoms with Crippen molar-refractivity contribution in [3.63, 3.8) is 0 Å². The van der Waals surface area contributed by atoms with Crippen molar-refractivity contribution in [1.82, 2.24) is 0 Å². The third-order valence-corrected chi connectivity index (χ3v) is 28.2. The van der Waals surface area contributed by atoms with Crippen LogP contribution in [0.4, 0.5) is 0 Å². The van der Waals surface area contributed by atoms with Crippen molar-refractivity contribution in [1.29, 1.82) is 0 Å². The molecule has 125 heavy (non-hydrogen) atoms. The molecule has 0 radical (unpaired) electrons. The minimum atomic E-state index is -1.08. The molecule has 3 saturated heterocycles. The van der Waals surface area contributed by atoms with Crippen molar-refractivity contribution < 1.29 is 277 Å². The molecule has 654 valence electrons.